The van der Waals surface area contributed by atoms with Crippen molar-refractivity contribution in [2.75, 3.05) is 0 Å². The number of benzene rings is 1. The van der Waals surface area contributed by atoms with Crippen LogP contribution in [0.4, 0.5) is 0 Å². The van der Waals surface area contributed by atoms with Gasteiger partial charge in [0, 0.05) is 13.0 Å². The number of hydrogen-bond acceptors (Lipinski definition) is 2. The smallest absolute Gasteiger partial charge is 0.334 e. The highest BCUT2D eigenvalue weighted by Gasteiger charge is 2.55. The fourth-order valence-corrected chi connectivity index (χ4v) is 3.49. The topological polar surface area (TPSA) is 57.6 Å². The van der Waals surface area contributed by atoms with Crippen molar-refractivity contribution >= 4 is 11.9 Å². The largest absolute Gasteiger partial charge is 0.479 e. The van der Waals surface area contributed by atoms with Crippen LogP contribution in [0.3, 0.4) is 0 Å². The van der Waals surface area contributed by atoms with Gasteiger partial charge in [-0.3, -0.25) is 4.79 Å². The Labute approximate surface area is 118 Å². The molecule has 0 saturated heterocycles. The van der Waals surface area contributed by atoms with Gasteiger partial charge in [0.2, 0.25) is 5.91 Å². The zero-order chi connectivity index (χ0) is 14.5. The zero-order valence-electron chi connectivity index (χ0n) is 11.8. The van der Waals surface area contributed by atoms with E-state index in [-0.39, 0.29) is 11.9 Å². The van der Waals surface area contributed by atoms with E-state index in [2.05, 4.69) is 0 Å². The number of carboxylic acid groups (broad SMARTS) is 1. The van der Waals surface area contributed by atoms with E-state index in [0.717, 1.165) is 36.0 Å². The van der Waals surface area contributed by atoms with Crippen LogP contribution >= 0.6 is 0 Å². The van der Waals surface area contributed by atoms with Crippen LogP contribution < -0.4 is 0 Å². The average molecular weight is 273 g/mol. The number of fused-ring (bicyclic) bond motifs is 1. The van der Waals surface area contributed by atoms with Crippen molar-refractivity contribution in [2.45, 2.75) is 51.1 Å². The van der Waals surface area contributed by atoms with E-state index in [1.165, 1.54) is 6.92 Å². The molecule has 1 aromatic rings. The molecule has 1 N–H and O–H groups in total. The second-order valence-corrected chi connectivity index (χ2v) is 5.95. The van der Waals surface area contributed by atoms with Crippen LogP contribution in [-0.2, 0) is 21.5 Å². The lowest BCUT2D eigenvalue weighted by atomic mass is 9.88. The molecule has 1 fully saturated rings. The summed E-state index contributed by atoms with van der Waals surface area (Å²) in [5.74, 6) is -1.03. The number of aryl methyl sites for hydroxylation is 2. The molecule has 1 aromatic carbocycles. The molecule has 0 heterocycles. The summed E-state index contributed by atoms with van der Waals surface area (Å²) in [4.78, 5) is 25.8. The normalized spacial score (nSPS) is 24.3. The van der Waals surface area contributed by atoms with Crippen molar-refractivity contribution < 1.29 is 14.7 Å². The molecule has 0 aliphatic heterocycles. The predicted molar refractivity (Wildman–Crippen MR) is 74.4 cm³/mol. The molecule has 106 valence electrons. The van der Waals surface area contributed by atoms with Gasteiger partial charge in [-0.1, -0.05) is 23.8 Å². The van der Waals surface area contributed by atoms with Crippen LogP contribution in [-0.4, -0.2) is 27.9 Å². The van der Waals surface area contributed by atoms with Gasteiger partial charge in [-0.25, -0.2) is 4.79 Å². The number of carbonyl (C=O) groups is 2. The highest BCUT2D eigenvalue weighted by Crippen LogP contribution is 2.47. The maximum Gasteiger partial charge on any atom is 0.334 e. The average Bonchev–Trinajstić information content (AvgIpc) is 3.12. The van der Waals surface area contributed by atoms with Crippen molar-refractivity contribution in [2.24, 2.45) is 0 Å². The maximum absolute atomic E-state index is 12.1. The Balaban J connectivity index is 2.18. The van der Waals surface area contributed by atoms with E-state index in [1.807, 2.05) is 25.1 Å². The van der Waals surface area contributed by atoms with Crippen molar-refractivity contribution in [3.63, 3.8) is 0 Å². The Hall–Kier alpha value is -1.84. The lowest BCUT2D eigenvalue weighted by molar-refractivity contribution is -0.160. The number of aliphatic carboxylic acids is 1. The van der Waals surface area contributed by atoms with Crippen LogP contribution in [0.2, 0.25) is 0 Å². The van der Waals surface area contributed by atoms with E-state index in [0.29, 0.717) is 6.42 Å². The first kappa shape index (κ1) is 13.2. The highest BCUT2D eigenvalue weighted by molar-refractivity contribution is 5.89. The molecule has 1 amide bonds. The quantitative estimate of drug-likeness (QED) is 0.918. The first-order valence-corrected chi connectivity index (χ1v) is 7.10. The first-order chi connectivity index (χ1) is 9.46. The monoisotopic (exact) mass is 273 g/mol. The zero-order valence-corrected chi connectivity index (χ0v) is 11.8. The Morgan fingerprint density at radius 2 is 2.05 bits per heavy atom. The van der Waals surface area contributed by atoms with Crippen LogP contribution in [0.1, 0.15) is 42.9 Å². The van der Waals surface area contributed by atoms with Gasteiger partial charge in [0.05, 0.1) is 0 Å². The second kappa shape index (κ2) is 4.33. The maximum atomic E-state index is 12.1. The molecule has 0 bridgehead atoms. The molecule has 0 spiro atoms. The molecule has 2 aliphatic rings. The number of rotatable bonds is 3. The summed E-state index contributed by atoms with van der Waals surface area (Å²) in [5, 5.41) is 9.90. The number of amides is 1. The number of carboxylic acids is 1. The summed E-state index contributed by atoms with van der Waals surface area (Å²) in [7, 11) is 0. The summed E-state index contributed by atoms with van der Waals surface area (Å²) >= 11 is 0. The SMILES string of the molecule is CC(=O)N(C1CC1)C1(C(=O)O)CCc2ccc(C)cc21. The van der Waals surface area contributed by atoms with Crippen LogP contribution in [0.25, 0.3) is 0 Å². The van der Waals surface area contributed by atoms with E-state index in [4.69, 9.17) is 0 Å². The van der Waals surface area contributed by atoms with E-state index >= 15 is 0 Å². The lowest BCUT2D eigenvalue weighted by Crippen LogP contribution is -2.54. The van der Waals surface area contributed by atoms with Crippen LogP contribution in [0.15, 0.2) is 18.2 Å². The predicted octanol–water partition coefficient (Wildman–Crippen LogP) is 2.23. The van der Waals surface area contributed by atoms with Gasteiger partial charge in [0.1, 0.15) is 0 Å². The van der Waals surface area contributed by atoms with E-state index in [9.17, 15) is 14.7 Å². The summed E-state index contributed by atoms with van der Waals surface area (Å²) in [5.41, 5.74) is 1.75. The molecule has 3 rings (SSSR count). The molecule has 1 saturated carbocycles. The molecule has 0 aromatic heterocycles. The third-order valence-corrected chi connectivity index (χ3v) is 4.48. The van der Waals surface area contributed by atoms with Crippen molar-refractivity contribution in [1.29, 1.82) is 0 Å². The minimum absolute atomic E-state index is 0.0927. The van der Waals surface area contributed by atoms with Gasteiger partial charge in [-0.15, -0.1) is 0 Å². The highest BCUT2D eigenvalue weighted by atomic mass is 16.4. The fourth-order valence-electron chi connectivity index (χ4n) is 3.49. The molecule has 4 nitrogen and oxygen atoms in total. The summed E-state index contributed by atoms with van der Waals surface area (Å²) < 4.78 is 0. The minimum atomic E-state index is -1.16. The molecule has 1 atom stereocenters. The molecule has 1 unspecified atom stereocenters. The summed E-state index contributed by atoms with van der Waals surface area (Å²) in [6.07, 6.45) is 3.03. The van der Waals surface area contributed by atoms with Gasteiger partial charge in [-0.05, 0) is 43.7 Å². The van der Waals surface area contributed by atoms with Gasteiger partial charge in [-0.2, -0.15) is 0 Å². The van der Waals surface area contributed by atoms with Gasteiger partial charge >= 0.3 is 5.97 Å². The Bertz CT molecular complexity index is 591. The minimum Gasteiger partial charge on any atom is -0.479 e. The molecule has 20 heavy (non-hydrogen) atoms. The Morgan fingerprint density at radius 3 is 2.60 bits per heavy atom. The van der Waals surface area contributed by atoms with E-state index in [1.54, 1.807) is 4.90 Å². The Morgan fingerprint density at radius 1 is 1.35 bits per heavy atom. The summed E-state index contributed by atoms with van der Waals surface area (Å²) in [6.45, 7) is 3.44. The third kappa shape index (κ3) is 1.74. The van der Waals surface area contributed by atoms with Gasteiger partial charge in [0.15, 0.2) is 5.54 Å². The van der Waals surface area contributed by atoms with E-state index < -0.39 is 11.5 Å². The molecule has 4 heteroatoms. The van der Waals surface area contributed by atoms with Crippen LogP contribution in [0, 0.1) is 6.92 Å². The van der Waals surface area contributed by atoms with Crippen molar-refractivity contribution in [3.8, 4) is 0 Å². The molecule has 2 aliphatic carbocycles. The van der Waals surface area contributed by atoms with Gasteiger partial charge < -0.3 is 10.0 Å². The molecular weight excluding hydrogens is 254 g/mol. The second-order valence-electron chi connectivity index (χ2n) is 5.95. The fraction of sp³-hybridized carbons (Fsp3) is 0.500. The van der Waals surface area contributed by atoms with Crippen molar-refractivity contribution in [3.05, 3.63) is 34.9 Å². The standard InChI is InChI=1S/C16H19NO3/c1-10-3-4-12-7-8-16(15(19)20,14(12)9-10)17(11(2)18)13-5-6-13/h3-4,9,13H,5-8H2,1-2H3,(H,19,20). The number of nitrogens with zero attached hydrogens (tertiary/aromatic N) is 1. The van der Waals surface area contributed by atoms with Gasteiger partial charge in [0.25, 0.3) is 0 Å². The summed E-state index contributed by atoms with van der Waals surface area (Å²) in [6, 6.07) is 6.04. The number of carbonyl (C=O) groups excluding carboxylic acids is 1. The lowest BCUT2D eigenvalue weighted by Gasteiger charge is -2.38. The Kier molecular flexibility index (Phi) is 2.85. The first-order valence-electron chi connectivity index (χ1n) is 7.10. The molecule has 0 radical (unpaired) electrons. The van der Waals surface area contributed by atoms with Crippen molar-refractivity contribution in [1.82, 2.24) is 4.90 Å². The van der Waals surface area contributed by atoms with Crippen LogP contribution in [0.5, 0.6) is 0 Å². The molecular formula is C16H19NO3. The third-order valence-electron chi connectivity index (χ3n) is 4.48. The number of hydrogen-bond donors (Lipinski definition) is 1.